The highest BCUT2D eigenvalue weighted by atomic mass is 19.4. The van der Waals surface area contributed by atoms with Crippen LogP contribution in [0, 0.1) is 5.92 Å². The Hall–Kier alpha value is -2.25. The van der Waals surface area contributed by atoms with Crippen molar-refractivity contribution in [2.45, 2.75) is 57.0 Å². The standard InChI is InChI=1S/C18H21F3N2O3/c1-2-13-9-11(10-15(24)22-13)16(25)23-17(7-8-17)12-3-5-14(6-4-12)26-18(19,20)21/h3-6,11,13H,2,7-10H2,1H3,(H,22,24)(H,23,25)/t11-,13+/m0/s1. The number of carbonyl (C=O) groups excluding carboxylic acids is 2. The molecule has 2 amide bonds. The summed E-state index contributed by atoms with van der Waals surface area (Å²) >= 11 is 0. The first kappa shape index (κ1) is 18.5. The second-order valence-electron chi connectivity index (χ2n) is 6.95. The molecule has 1 aromatic carbocycles. The van der Waals surface area contributed by atoms with Crippen LogP contribution in [0.15, 0.2) is 24.3 Å². The van der Waals surface area contributed by atoms with E-state index in [4.69, 9.17) is 0 Å². The summed E-state index contributed by atoms with van der Waals surface area (Å²) in [4.78, 5) is 24.4. The molecule has 2 fully saturated rings. The van der Waals surface area contributed by atoms with Gasteiger partial charge in [-0.05, 0) is 43.4 Å². The van der Waals surface area contributed by atoms with Gasteiger partial charge in [0.05, 0.1) is 5.54 Å². The van der Waals surface area contributed by atoms with E-state index in [2.05, 4.69) is 15.4 Å². The van der Waals surface area contributed by atoms with Gasteiger partial charge in [-0.3, -0.25) is 9.59 Å². The third-order valence-corrected chi connectivity index (χ3v) is 4.98. The topological polar surface area (TPSA) is 67.4 Å². The van der Waals surface area contributed by atoms with Gasteiger partial charge in [-0.25, -0.2) is 0 Å². The minimum atomic E-state index is -4.73. The molecule has 2 aliphatic rings. The molecule has 2 N–H and O–H groups in total. The van der Waals surface area contributed by atoms with Gasteiger partial charge in [0.1, 0.15) is 5.75 Å². The number of amides is 2. The maximum absolute atomic E-state index is 12.6. The van der Waals surface area contributed by atoms with E-state index in [1.807, 2.05) is 6.92 Å². The third-order valence-electron chi connectivity index (χ3n) is 4.98. The average Bonchev–Trinajstić information content (AvgIpc) is 3.34. The van der Waals surface area contributed by atoms with Crippen LogP contribution < -0.4 is 15.4 Å². The summed E-state index contributed by atoms with van der Waals surface area (Å²) in [5.41, 5.74) is 0.191. The molecule has 1 aliphatic carbocycles. The van der Waals surface area contributed by atoms with E-state index in [1.165, 1.54) is 24.3 Å². The smallest absolute Gasteiger partial charge is 0.406 e. The SMILES string of the molecule is CC[C@@H]1C[C@H](C(=O)NC2(c3ccc(OC(F)(F)F)cc3)CC2)CC(=O)N1. The predicted molar refractivity (Wildman–Crippen MR) is 87.1 cm³/mol. The molecular formula is C18H21F3N2O3. The number of nitrogens with one attached hydrogen (secondary N) is 2. The summed E-state index contributed by atoms with van der Waals surface area (Å²) in [6.45, 7) is 1.96. The number of hydrogen-bond acceptors (Lipinski definition) is 3. The van der Waals surface area contributed by atoms with Crippen LogP contribution >= 0.6 is 0 Å². The first-order valence-corrected chi connectivity index (χ1v) is 8.68. The quantitative estimate of drug-likeness (QED) is 0.837. The van der Waals surface area contributed by atoms with Gasteiger partial charge in [0, 0.05) is 18.4 Å². The van der Waals surface area contributed by atoms with E-state index in [9.17, 15) is 22.8 Å². The van der Waals surface area contributed by atoms with Crippen molar-refractivity contribution >= 4 is 11.8 Å². The summed E-state index contributed by atoms with van der Waals surface area (Å²) in [5.74, 6) is -0.967. The van der Waals surface area contributed by atoms with E-state index in [-0.39, 0.29) is 35.9 Å². The Morgan fingerprint density at radius 1 is 1.31 bits per heavy atom. The predicted octanol–water partition coefficient (Wildman–Crippen LogP) is 3.00. The lowest BCUT2D eigenvalue weighted by Crippen LogP contribution is -2.48. The van der Waals surface area contributed by atoms with Crippen molar-refractivity contribution in [1.29, 1.82) is 0 Å². The Morgan fingerprint density at radius 3 is 2.50 bits per heavy atom. The van der Waals surface area contributed by atoms with Crippen LogP contribution in [-0.4, -0.2) is 24.2 Å². The first-order chi connectivity index (χ1) is 12.2. The normalized spacial score (nSPS) is 24.5. The molecule has 0 unspecified atom stereocenters. The summed E-state index contributed by atoms with van der Waals surface area (Å²) in [5, 5.41) is 5.87. The fourth-order valence-corrected chi connectivity index (χ4v) is 3.39. The number of rotatable bonds is 5. The van der Waals surface area contributed by atoms with Crippen LogP contribution in [0.1, 0.15) is 44.6 Å². The number of halogens is 3. The molecule has 1 saturated heterocycles. The van der Waals surface area contributed by atoms with E-state index < -0.39 is 11.9 Å². The van der Waals surface area contributed by atoms with Crippen LogP contribution in [0.3, 0.4) is 0 Å². The molecule has 5 nitrogen and oxygen atoms in total. The fraction of sp³-hybridized carbons (Fsp3) is 0.556. The molecule has 1 aromatic rings. The highest BCUT2D eigenvalue weighted by Crippen LogP contribution is 2.46. The van der Waals surface area contributed by atoms with Crippen molar-refractivity contribution in [3.05, 3.63) is 29.8 Å². The molecular weight excluding hydrogens is 349 g/mol. The maximum atomic E-state index is 12.6. The summed E-state index contributed by atoms with van der Waals surface area (Å²) in [6, 6.07) is 5.57. The van der Waals surface area contributed by atoms with Crippen molar-refractivity contribution in [2.24, 2.45) is 5.92 Å². The van der Waals surface area contributed by atoms with Gasteiger partial charge in [-0.1, -0.05) is 19.1 Å². The fourth-order valence-electron chi connectivity index (χ4n) is 3.39. The van der Waals surface area contributed by atoms with E-state index >= 15 is 0 Å². The zero-order valence-electron chi connectivity index (χ0n) is 14.4. The van der Waals surface area contributed by atoms with Gasteiger partial charge in [-0.15, -0.1) is 13.2 Å². The molecule has 0 aromatic heterocycles. The summed E-state index contributed by atoms with van der Waals surface area (Å²) in [7, 11) is 0. The number of ether oxygens (including phenoxy) is 1. The maximum Gasteiger partial charge on any atom is 0.573 e. The molecule has 1 heterocycles. The molecule has 1 saturated carbocycles. The number of piperidine rings is 1. The Bertz CT molecular complexity index is 684. The zero-order chi connectivity index (χ0) is 18.9. The van der Waals surface area contributed by atoms with Gasteiger partial charge in [-0.2, -0.15) is 0 Å². The zero-order valence-corrected chi connectivity index (χ0v) is 14.4. The molecule has 142 valence electrons. The van der Waals surface area contributed by atoms with Gasteiger partial charge < -0.3 is 15.4 Å². The lowest BCUT2D eigenvalue weighted by atomic mass is 9.89. The van der Waals surface area contributed by atoms with Crippen LogP contribution in [0.25, 0.3) is 0 Å². The number of alkyl halides is 3. The molecule has 0 spiro atoms. The molecule has 1 aliphatic heterocycles. The number of hydrogen-bond donors (Lipinski definition) is 2. The lowest BCUT2D eigenvalue weighted by molar-refractivity contribution is -0.274. The van der Waals surface area contributed by atoms with Crippen LogP contribution in [0.5, 0.6) is 5.75 Å². The molecule has 3 rings (SSSR count). The summed E-state index contributed by atoms with van der Waals surface area (Å²) < 4.78 is 40.6. The monoisotopic (exact) mass is 370 g/mol. The van der Waals surface area contributed by atoms with Gasteiger partial charge in [0.15, 0.2) is 0 Å². The number of carbonyl (C=O) groups is 2. The molecule has 26 heavy (non-hydrogen) atoms. The van der Waals surface area contributed by atoms with Crippen molar-refractivity contribution in [3.8, 4) is 5.75 Å². The van der Waals surface area contributed by atoms with Crippen LogP contribution in [0.4, 0.5) is 13.2 Å². The minimum absolute atomic E-state index is 0.000883. The van der Waals surface area contributed by atoms with Crippen molar-refractivity contribution < 1.29 is 27.5 Å². The van der Waals surface area contributed by atoms with Gasteiger partial charge >= 0.3 is 6.36 Å². The molecule has 2 atom stereocenters. The largest absolute Gasteiger partial charge is 0.573 e. The average molecular weight is 370 g/mol. The summed E-state index contributed by atoms with van der Waals surface area (Å²) in [6.07, 6.45) is -1.77. The first-order valence-electron chi connectivity index (χ1n) is 8.68. The lowest BCUT2D eigenvalue weighted by Gasteiger charge is -2.30. The Labute approximate surface area is 149 Å². The van der Waals surface area contributed by atoms with E-state index in [0.717, 1.165) is 12.0 Å². The number of benzene rings is 1. The highest BCUT2D eigenvalue weighted by Gasteiger charge is 2.47. The highest BCUT2D eigenvalue weighted by molar-refractivity contribution is 5.87. The second-order valence-corrected chi connectivity index (χ2v) is 6.95. The minimum Gasteiger partial charge on any atom is -0.406 e. The van der Waals surface area contributed by atoms with Crippen molar-refractivity contribution in [1.82, 2.24) is 10.6 Å². The van der Waals surface area contributed by atoms with Crippen LogP contribution in [0.2, 0.25) is 0 Å². The van der Waals surface area contributed by atoms with Crippen LogP contribution in [-0.2, 0) is 15.1 Å². The van der Waals surface area contributed by atoms with E-state index in [1.54, 1.807) is 0 Å². The molecule has 0 radical (unpaired) electrons. The molecule has 0 bridgehead atoms. The molecule has 8 heteroatoms. The second kappa shape index (κ2) is 6.81. The third kappa shape index (κ3) is 4.28. The van der Waals surface area contributed by atoms with Crippen molar-refractivity contribution in [2.75, 3.05) is 0 Å². The van der Waals surface area contributed by atoms with Gasteiger partial charge in [0.25, 0.3) is 0 Å². The Kier molecular flexibility index (Phi) is 4.86. The Morgan fingerprint density at radius 2 is 1.96 bits per heavy atom. The van der Waals surface area contributed by atoms with Gasteiger partial charge in [0.2, 0.25) is 11.8 Å². The van der Waals surface area contributed by atoms with E-state index in [0.29, 0.717) is 19.3 Å². The van der Waals surface area contributed by atoms with Crippen molar-refractivity contribution in [3.63, 3.8) is 0 Å². The Balaban J connectivity index is 1.65.